The van der Waals surface area contributed by atoms with Gasteiger partial charge in [0.1, 0.15) is 0 Å². The predicted molar refractivity (Wildman–Crippen MR) is 64.3 cm³/mol. The molecule has 1 heterocycles. The lowest BCUT2D eigenvalue weighted by atomic mass is 9.93. The molecule has 94 valence electrons. The minimum Gasteiger partial charge on any atom is -0.469 e. The SMILES string of the molecule is COC(=O)CC(C)NC1CCN(C)CC1C. The van der Waals surface area contributed by atoms with Gasteiger partial charge < -0.3 is 15.0 Å². The van der Waals surface area contributed by atoms with Crippen LogP contribution in [-0.2, 0) is 9.53 Å². The molecule has 16 heavy (non-hydrogen) atoms. The zero-order valence-electron chi connectivity index (χ0n) is 10.8. The maximum Gasteiger partial charge on any atom is 0.307 e. The molecule has 0 aromatic carbocycles. The Morgan fingerprint density at radius 2 is 2.31 bits per heavy atom. The number of piperidine rings is 1. The van der Waals surface area contributed by atoms with Crippen molar-refractivity contribution in [2.45, 2.75) is 38.8 Å². The quantitative estimate of drug-likeness (QED) is 0.725. The van der Waals surface area contributed by atoms with E-state index in [1.807, 2.05) is 6.92 Å². The van der Waals surface area contributed by atoms with Gasteiger partial charge in [-0.25, -0.2) is 0 Å². The molecule has 4 heteroatoms. The fraction of sp³-hybridized carbons (Fsp3) is 0.917. The molecular formula is C12H24N2O2. The first-order chi connectivity index (χ1) is 7.52. The summed E-state index contributed by atoms with van der Waals surface area (Å²) < 4.78 is 4.67. The Morgan fingerprint density at radius 1 is 1.62 bits per heavy atom. The summed E-state index contributed by atoms with van der Waals surface area (Å²) in [6.07, 6.45) is 1.61. The number of nitrogens with zero attached hydrogens (tertiary/aromatic N) is 1. The molecule has 0 amide bonds. The summed E-state index contributed by atoms with van der Waals surface area (Å²) >= 11 is 0. The van der Waals surface area contributed by atoms with Crippen LogP contribution in [0.25, 0.3) is 0 Å². The molecule has 0 aromatic heterocycles. The van der Waals surface area contributed by atoms with Crippen molar-refractivity contribution >= 4 is 5.97 Å². The van der Waals surface area contributed by atoms with E-state index in [0.29, 0.717) is 18.4 Å². The van der Waals surface area contributed by atoms with Crippen LogP contribution in [0.1, 0.15) is 26.7 Å². The Hall–Kier alpha value is -0.610. The molecular weight excluding hydrogens is 204 g/mol. The Balaban J connectivity index is 2.33. The van der Waals surface area contributed by atoms with E-state index >= 15 is 0 Å². The number of likely N-dealkylation sites (tertiary alicyclic amines) is 1. The third-order valence-corrected chi connectivity index (χ3v) is 3.31. The summed E-state index contributed by atoms with van der Waals surface area (Å²) in [5, 5.41) is 3.53. The minimum atomic E-state index is -0.138. The van der Waals surface area contributed by atoms with Crippen molar-refractivity contribution in [2.75, 3.05) is 27.2 Å². The lowest BCUT2D eigenvalue weighted by Gasteiger charge is -2.36. The van der Waals surface area contributed by atoms with Gasteiger partial charge in [-0.05, 0) is 32.9 Å². The van der Waals surface area contributed by atoms with Crippen LogP contribution in [-0.4, -0.2) is 50.2 Å². The van der Waals surface area contributed by atoms with Gasteiger partial charge in [0.2, 0.25) is 0 Å². The number of methoxy groups -OCH3 is 1. The van der Waals surface area contributed by atoms with E-state index in [0.717, 1.165) is 19.5 Å². The molecule has 1 aliphatic heterocycles. The van der Waals surface area contributed by atoms with Crippen LogP contribution < -0.4 is 5.32 Å². The van der Waals surface area contributed by atoms with Gasteiger partial charge in [0.05, 0.1) is 13.5 Å². The Morgan fingerprint density at radius 3 is 2.88 bits per heavy atom. The molecule has 1 rings (SSSR count). The van der Waals surface area contributed by atoms with E-state index in [1.54, 1.807) is 0 Å². The molecule has 0 radical (unpaired) electrons. The van der Waals surface area contributed by atoms with E-state index < -0.39 is 0 Å². The largest absolute Gasteiger partial charge is 0.469 e. The molecule has 0 spiro atoms. The van der Waals surface area contributed by atoms with Crippen molar-refractivity contribution in [2.24, 2.45) is 5.92 Å². The predicted octanol–water partition coefficient (Wildman–Crippen LogP) is 0.868. The lowest BCUT2D eigenvalue weighted by Crippen LogP contribution is -2.49. The molecule has 0 aromatic rings. The first-order valence-electron chi connectivity index (χ1n) is 6.04. The summed E-state index contributed by atoms with van der Waals surface area (Å²) in [5.74, 6) is 0.499. The van der Waals surface area contributed by atoms with Gasteiger partial charge in [-0.15, -0.1) is 0 Å². The van der Waals surface area contributed by atoms with Gasteiger partial charge in [0, 0.05) is 18.6 Å². The summed E-state index contributed by atoms with van der Waals surface area (Å²) in [4.78, 5) is 13.5. The van der Waals surface area contributed by atoms with E-state index in [9.17, 15) is 4.79 Å². The highest BCUT2D eigenvalue weighted by Gasteiger charge is 2.25. The average molecular weight is 228 g/mol. The highest BCUT2D eigenvalue weighted by Crippen LogP contribution is 2.16. The monoisotopic (exact) mass is 228 g/mol. The van der Waals surface area contributed by atoms with Crippen LogP contribution in [0.3, 0.4) is 0 Å². The summed E-state index contributed by atoms with van der Waals surface area (Å²) in [5.41, 5.74) is 0. The number of esters is 1. The number of ether oxygens (including phenoxy) is 1. The fourth-order valence-corrected chi connectivity index (χ4v) is 2.36. The van der Waals surface area contributed by atoms with E-state index in [-0.39, 0.29) is 12.0 Å². The van der Waals surface area contributed by atoms with Gasteiger partial charge in [0.15, 0.2) is 0 Å². The third kappa shape index (κ3) is 4.10. The lowest BCUT2D eigenvalue weighted by molar-refractivity contribution is -0.141. The van der Waals surface area contributed by atoms with Crippen molar-refractivity contribution in [1.29, 1.82) is 0 Å². The topological polar surface area (TPSA) is 41.6 Å². The summed E-state index contributed by atoms with van der Waals surface area (Å²) in [7, 11) is 3.60. The van der Waals surface area contributed by atoms with E-state index in [4.69, 9.17) is 0 Å². The molecule has 3 atom stereocenters. The fourth-order valence-electron chi connectivity index (χ4n) is 2.36. The molecule has 1 saturated heterocycles. The number of carbonyl (C=O) groups is 1. The van der Waals surface area contributed by atoms with Crippen molar-refractivity contribution in [1.82, 2.24) is 10.2 Å². The normalized spacial score (nSPS) is 28.8. The number of hydrogen-bond acceptors (Lipinski definition) is 4. The van der Waals surface area contributed by atoms with Crippen molar-refractivity contribution in [3.63, 3.8) is 0 Å². The zero-order chi connectivity index (χ0) is 12.1. The van der Waals surface area contributed by atoms with Crippen LogP contribution in [0.15, 0.2) is 0 Å². The molecule has 1 fully saturated rings. The maximum absolute atomic E-state index is 11.1. The molecule has 3 unspecified atom stereocenters. The van der Waals surface area contributed by atoms with E-state index in [2.05, 4.69) is 28.9 Å². The van der Waals surface area contributed by atoms with Crippen molar-refractivity contribution in [3.8, 4) is 0 Å². The van der Waals surface area contributed by atoms with Gasteiger partial charge in [-0.2, -0.15) is 0 Å². The molecule has 1 aliphatic rings. The Kier molecular flexibility index (Phi) is 5.22. The highest BCUT2D eigenvalue weighted by atomic mass is 16.5. The van der Waals surface area contributed by atoms with Crippen LogP contribution in [0.5, 0.6) is 0 Å². The third-order valence-electron chi connectivity index (χ3n) is 3.31. The first-order valence-corrected chi connectivity index (χ1v) is 6.04. The van der Waals surface area contributed by atoms with E-state index in [1.165, 1.54) is 7.11 Å². The van der Waals surface area contributed by atoms with Crippen LogP contribution >= 0.6 is 0 Å². The zero-order valence-corrected chi connectivity index (χ0v) is 10.8. The van der Waals surface area contributed by atoms with Crippen molar-refractivity contribution in [3.05, 3.63) is 0 Å². The average Bonchev–Trinajstić information content (AvgIpc) is 2.22. The molecule has 1 N–H and O–H groups in total. The van der Waals surface area contributed by atoms with Gasteiger partial charge >= 0.3 is 5.97 Å². The highest BCUT2D eigenvalue weighted by molar-refractivity contribution is 5.69. The van der Waals surface area contributed by atoms with Crippen LogP contribution in [0, 0.1) is 5.92 Å². The molecule has 0 bridgehead atoms. The Bertz CT molecular complexity index is 233. The Labute approximate surface area is 98.3 Å². The number of rotatable bonds is 4. The summed E-state index contributed by atoms with van der Waals surface area (Å²) in [6, 6.07) is 0.721. The second-order valence-corrected chi connectivity index (χ2v) is 4.98. The van der Waals surface area contributed by atoms with Crippen molar-refractivity contribution < 1.29 is 9.53 Å². The maximum atomic E-state index is 11.1. The van der Waals surface area contributed by atoms with Crippen LogP contribution in [0.2, 0.25) is 0 Å². The number of nitrogens with one attached hydrogen (secondary N) is 1. The second kappa shape index (κ2) is 6.21. The van der Waals surface area contributed by atoms with Gasteiger partial charge in [-0.3, -0.25) is 4.79 Å². The molecule has 0 saturated carbocycles. The number of hydrogen-bond donors (Lipinski definition) is 1. The summed E-state index contributed by atoms with van der Waals surface area (Å²) in [6.45, 7) is 6.57. The van der Waals surface area contributed by atoms with Gasteiger partial charge in [0.25, 0.3) is 0 Å². The number of carbonyl (C=O) groups excluding carboxylic acids is 1. The molecule has 0 aliphatic carbocycles. The first kappa shape index (κ1) is 13.5. The van der Waals surface area contributed by atoms with Crippen LogP contribution in [0.4, 0.5) is 0 Å². The minimum absolute atomic E-state index is 0.138. The smallest absolute Gasteiger partial charge is 0.307 e. The van der Waals surface area contributed by atoms with Gasteiger partial charge in [-0.1, -0.05) is 6.92 Å². The second-order valence-electron chi connectivity index (χ2n) is 4.98. The molecule has 4 nitrogen and oxygen atoms in total. The standard InChI is InChI=1S/C12H24N2O2/c1-9-8-14(3)6-5-11(9)13-10(2)7-12(15)16-4/h9-11,13H,5-8H2,1-4H3.